The normalized spacial score (nSPS) is 10.7. The molecule has 80 valence electrons. The number of aromatic nitrogens is 1. The van der Waals surface area contributed by atoms with Crippen LogP contribution in [0.3, 0.4) is 0 Å². The van der Waals surface area contributed by atoms with Gasteiger partial charge in [0.05, 0.1) is 12.7 Å². The molecule has 2 rings (SSSR count). The summed E-state index contributed by atoms with van der Waals surface area (Å²) in [5.41, 5.74) is 1.44. The number of oxazole rings is 1. The number of thiophene rings is 1. The summed E-state index contributed by atoms with van der Waals surface area (Å²) in [6.45, 7) is 3.82. The van der Waals surface area contributed by atoms with E-state index in [1.165, 1.54) is 16.8 Å². The van der Waals surface area contributed by atoms with Crippen LogP contribution >= 0.6 is 11.3 Å². The third-order valence-electron chi connectivity index (χ3n) is 2.29. The van der Waals surface area contributed by atoms with Crippen LogP contribution in [0, 0.1) is 0 Å². The van der Waals surface area contributed by atoms with E-state index in [-0.39, 0.29) is 0 Å². The molecule has 15 heavy (non-hydrogen) atoms. The Morgan fingerprint density at radius 3 is 3.13 bits per heavy atom. The minimum absolute atomic E-state index is 0.737. The van der Waals surface area contributed by atoms with Crippen LogP contribution in [0.5, 0.6) is 0 Å². The molecular formula is C11H14N2OS. The number of nitrogens with zero attached hydrogens (tertiary/aromatic N) is 1. The van der Waals surface area contributed by atoms with E-state index in [4.69, 9.17) is 4.42 Å². The van der Waals surface area contributed by atoms with Crippen molar-refractivity contribution in [2.45, 2.75) is 26.4 Å². The zero-order valence-corrected chi connectivity index (χ0v) is 9.51. The quantitative estimate of drug-likeness (QED) is 0.845. The summed E-state index contributed by atoms with van der Waals surface area (Å²) < 4.78 is 5.14. The van der Waals surface area contributed by atoms with Gasteiger partial charge >= 0.3 is 0 Å². The summed E-state index contributed by atoms with van der Waals surface area (Å²) in [4.78, 5) is 5.28. The topological polar surface area (TPSA) is 38.1 Å². The summed E-state index contributed by atoms with van der Waals surface area (Å²) in [7, 11) is 0. The monoisotopic (exact) mass is 222 g/mol. The van der Waals surface area contributed by atoms with Gasteiger partial charge in [0, 0.05) is 11.4 Å². The fourth-order valence-corrected chi connectivity index (χ4v) is 2.41. The highest BCUT2D eigenvalue weighted by atomic mass is 32.1. The smallest absolute Gasteiger partial charge is 0.180 e. The van der Waals surface area contributed by atoms with Gasteiger partial charge in [0.15, 0.2) is 6.39 Å². The predicted octanol–water partition coefficient (Wildman–Crippen LogP) is 2.59. The highest BCUT2D eigenvalue weighted by molar-refractivity contribution is 7.10. The van der Waals surface area contributed by atoms with Gasteiger partial charge < -0.3 is 9.73 Å². The Morgan fingerprint density at radius 1 is 1.47 bits per heavy atom. The fourth-order valence-electron chi connectivity index (χ4n) is 1.47. The van der Waals surface area contributed by atoms with E-state index in [2.05, 4.69) is 28.7 Å². The van der Waals surface area contributed by atoms with Gasteiger partial charge in [-0.25, -0.2) is 4.98 Å². The highest BCUT2D eigenvalue weighted by Crippen LogP contribution is 2.16. The van der Waals surface area contributed by atoms with Crippen molar-refractivity contribution in [3.05, 3.63) is 40.2 Å². The van der Waals surface area contributed by atoms with Gasteiger partial charge in [-0.2, -0.15) is 0 Å². The number of hydrogen-bond donors (Lipinski definition) is 1. The van der Waals surface area contributed by atoms with Crippen LogP contribution in [0.4, 0.5) is 0 Å². The molecule has 0 bridgehead atoms. The van der Waals surface area contributed by atoms with Crippen molar-refractivity contribution >= 4 is 11.3 Å². The Kier molecular flexibility index (Phi) is 3.53. The van der Waals surface area contributed by atoms with Gasteiger partial charge in [0.2, 0.25) is 0 Å². The number of aryl methyl sites for hydroxylation is 1. The molecule has 0 aliphatic carbocycles. The van der Waals surface area contributed by atoms with Crippen molar-refractivity contribution in [2.24, 2.45) is 0 Å². The zero-order chi connectivity index (χ0) is 10.5. The molecule has 0 amide bonds. The molecule has 2 aromatic rings. The Bertz CT molecular complexity index is 394. The lowest BCUT2D eigenvalue weighted by atomic mass is 10.2. The van der Waals surface area contributed by atoms with E-state index in [1.807, 2.05) is 0 Å². The Balaban J connectivity index is 1.83. The predicted molar refractivity (Wildman–Crippen MR) is 60.7 cm³/mol. The van der Waals surface area contributed by atoms with Crippen molar-refractivity contribution in [2.75, 3.05) is 0 Å². The van der Waals surface area contributed by atoms with E-state index >= 15 is 0 Å². The molecule has 0 spiro atoms. The summed E-state index contributed by atoms with van der Waals surface area (Å²) in [6.07, 6.45) is 4.30. The largest absolute Gasteiger partial charge is 0.447 e. The van der Waals surface area contributed by atoms with E-state index in [0.717, 1.165) is 25.3 Å². The van der Waals surface area contributed by atoms with Crippen LogP contribution in [0.2, 0.25) is 0 Å². The molecule has 0 atom stereocenters. The van der Waals surface area contributed by atoms with Crippen LogP contribution in [-0.4, -0.2) is 4.98 Å². The van der Waals surface area contributed by atoms with E-state index in [0.29, 0.717) is 0 Å². The maximum atomic E-state index is 5.14. The molecule has 0 saturated carbocycles. The first kappa shape index (κ1) is 10.4. The summed E-state index contributed by atoms with van der Waals surface area (Å²) in [5, 5.41) is 5.48. The lowest BCUT2D eigenvalue weighted by Crippen LogP contribution is -2.12. The molecule has 0 radical (unpaired) electrons. The van der Waals surface area contributed by atoms with Crippen LogP contribution in [0.15, 0.2) is 28.5 Å². The fraction of sp³-hybridized carbons (Fsp3) is 0.364. The van der Waals surface area contributed by atoms with Crippen LogP contribution in [-0.2, 0) is 19.5 Å². The molecule has 0 unspecified atom stereocenters. The second-order valence-electron chi connectivity index (χ2n) is 3.29. The Hall–Kier alpha value is -1.13. The molecule has 0 aliphatic rings. The molecule has 2 aromatic heterocycles. The van der Waals surface area contributed by atoms with Crippen molar-refractivity contribution in [1.29, 1.82) is 0 Å². The lowest BCUT2D eigenvalue weighted by molar-refractivity contribution is 0.479. The molecule has 4 heteroatoms. The Labute approximate surface area is 93.2 Å². The number of nitrogens with one attached hydrogen (secondary N) is 1. The number of rotatable bonds is 5. The first-order valence-electron chi connectivity index (χ1n) is 5.03. The van der Waals surface area contributed by atoms with Gasteiger partial charge in [-0.05, 0) is 23.4 Å². The van der Waals surface area contributed by atoms with Crippen LogP contribution in [0.25, 0.3) is 0 Å². The minimum atomic E-state index is 0.737. The van der Waals surface area contributed by atoms with E-state index < -0.39 is 0 Å². The third kappa shape index (κ3) is 2.67. The summed E-state index contributed by atoms with van der Waals surface area (Å²) >= 11 is 1.80. The highest BCUT2D eigenvalue weighted by Gasteiger charge is 2.02. The molecule has 1 N–H and O–H groups in total. The van der Waals surface area contributed by atoms with Gasteiger partial charge in [0.1, 0.15) is 5.76 Å². The van der Waals surface area contributed by atoms with Crippen molar-refractivity contribution in [1.82, 2.24) is 10.3 Å². The average Bonchev–Trinajstić information content (AvgIpc) is 2.88. The standard InChI is InChI=1S/C11H14N2OS/c1-2-9-3-4-15-11(9)7-12-5-10-6-13-8-14-10/h3-4,6,8,12H,2,5,7H2,1H3. The molecule has 0 aromatic carbocycles. The first-order valence-corrected chi connectivity index (χ1v) is 5.91. The summed E-state index contributed by atoms with van der Waals surface area (Å²) in [5.74, 6) is 0.879. The van der Waals surface area contributed by atoms with Gasteiger partial charge in [-0.15, -0.1) is 11.3 Å². The maximum absolute atomic E-state index is 5.14. The third-order valence-corrected chi connectivity index (χ3v) is 3.25. The zero-order valence-electron chi connectivity index (χ0n) is 8.69. The van der Waals surface area contributed by atoms with Crippen molar-refractivity contribution < 1.29 is 4.42 Å². The van der Waals surface area contributed by atoms with Crippen molar-refractivity contribution in [3.63, 3.8) is 0 Å². The minimum Gasteiger partial charge on any atom is -0.447 e. The summed E-state index contributed by atoms with van der Waals surface area (Å²) in [6, 6.07) is 2.19. The molecule has 3 nitrogen and oxygen atoms in total. The van der Waals surface area contributed by atoms with E-state index in [1.54, 1.807) is 17.5 Å². The number of hydrogen-bond acceptors (Lipinski definition) is 4. The molecule has 0 saturated heterocycles. The molecule has 0 fully saturated rings. The average molecular weight is 222 g/mol. The second kappa shape index (κ2) is 5.09. The molecule has 2 heterocycles. The van der Waals surface area contributed by atoms with E-state index in [9.17, 15) is 0 Å². The second-order valence-corrected chi connectivity index (χ2v) is 4.29. The SMILES string of the molecule is CCc1ccsc1CNCc1cnco1. The molecular weight excluding hydrogens is 208 g/mol. The van der Waals surface area contributed by atoms with Gasteiger partial charge in [0.25, 0.3) is 0 Å². The Morgan fingerprint density at radius 2 is 2.40 bits per heavy atom. The van der Waals surface area contributed by atoms with Gasteiger partial charge in [-0.3, -0.25) is 0 Å². The van der Waals surface area contributed by atoms with Crippen LogP contribution < -0.4 is 5.32 Å². The first-order chi connectivity index (χ1) is 7.40. The molecule has 0 aliphatic heterocycles. The van der Waals surface area contributed by atoms with Gasteiger partial charge in [-0.1, -0.05) is 6.92 Å². The maximum Gasteiger partial charge on any atom is 0.180 e. The van der Waals surface area contributed by atoms with Crippen LogP contribution in [0.1, 0.15) is 23.1 Å². The van der Waals surface area contributed by atoms with Crippen molar-refractivity contribution in [3.8, 4) is 0 Å². The lowest BCUT2D eigenvalue weighted by Gasteiger charge is -2.02.